The van der Waals surface area contributed by atoms with Crippen molar-refractivity contribution in [3.63, 3.8) is 0 Å². The van der Waals surface area contributed by atoms with E-state index in [9.17, 15) is 4.79 Å². The number of nitrogens with one attached hydrogen (secondary N) is 2. The minimum atomic E-state index is -0.460. The second-order valence-electron chi connectivity index (χ2n) is 5.45. The normalized spacial score (nSPS) is 11.1. The molecular formula is C19H21N3O3. The van der Waals surface area contributed by atoms with Crippen molar-refractivity contribution in [2.45, 2.75) is 19.4 Å². The van der Waals surface area contributed by atoms with E-state index in [1.807, 2.05) is 24.3 Å². The predicted molar refractivity (Wildman–Crippen MR) is 97.0 cm³/mol. The van der Waals surface area contributed by atoms with Crippen molar-refractivity contribution in [2.24, 2.45) is 0 Å². The lowest BCUT2D eigenvalue weighted by Gasteiger charge is -2.17. The maximum absolute atomic E-state index is 12.4. The smallest absolute Gasteiger partial charge is 0.246 e. The minimum absolute atomic E-state index is 0.201. The van der Waals surface area contributed by atoms with Gasteiger partial charge in [0, 0.05) is 11.8 Å². The van der Waals surface area contributed by atoms with Crippen molar-refractivity contribution in [3.8, 4) is 17.6 Å². The number of hydrogen-bond donors (Lipinski definition) is 2. The molecule has 0 fully saturated rings. The molecule has 0 heterocycles. The molecule has 2 rings (SSSR count). The Bertz CT molecular complexity index is 766. The lowest BCUT2D eigenvalue weighted by Crippen LogP contribution is -2.32. The van der Waals surface area contributed by atoms with Crippen LogP contribution in [0.4, 0.5) is 11.4 Å². The number of ether oxygens (including phenoxy) is 2. The van der Waals surface area contributed by atoms with Gasteiger partial charge in [0.15, 0.2) is 0 Å². The second kappa shape index (κ2) is 8.60. The first-order chi connectivity index (χ1) is 12.1. The van der Waals surface area contributed by atoms with E-state index in [-0.39, 0.29) is 5.91 Å². The molecular weight excluding hydrogens is 318 g/mol. The van der Waals surface area contributed by atoms with E-state index < -0.39 is 6.04 Å². The molecule has 1 unspecified atom stereocenters. The zero-order chi connectivity index (χ0) is 18.2. The quantitative estimate of drug-likeness (QED) is 0.809. The van der Waals surface area contributed by atoms with Gasteiger partial charge in [0.2, 0.25) is 5.91 Å². The lowest BCUT2D eigenvalue weighted by molar-refractivity contribution is -0.116. The predicted octanol–water partition coefficient (Wildman–Crippen LogP) is 3.21. The first-order valence-electron chi connectivity index (χ1n) is 7.82. The molecule has 0 aliphatic carbocycles. The Hall–Kier alpha value is -3.20. The molecule has 0 spiro atoms. The number of nitrogens with zero attached hydrogens (tertiary/aromatic N) is 1. The van der Waals surface area contributed by atoms with Crippen LogP contribution < -0.4 is 20.1 Å². The molecule has 2 N–H and O–H groups in total. The standard InChI is InChI=1S/C19H21N3O3/c1-13(21-15-6-4-14(5-7-15)10-11-20)19(23)22-17-12-16(24-2)8-9-18(17)25-3/h4-9,12-13,21H,10H2,1-3H3,(H,22,23). The third-order valence-electron chi connectivity index (χ3n) is 3.68. The molecule has 0 aliphatic heterocycles. The van der Waals surface area contributed by atoms with Gasteiger partial charge in [-0.15, -0.1) is 0 Å². The van der Waals surface area contributed by atoms with Crippen molar-refractivity contribution in [3.05, 3.63) is 48.0 Å². The van der Waals surface area contributed by atoms with Gasteiger partial charge < -0.3 is 20.1 Å². The number of anilines is 2. The van der Waals surface area contributed by atoms with Crippen LogP contribution in [0, 0.1) is 11.3 Å². The van der Waals surface area contributed by atoms with Crippen molar-refractivity contribution in [1.29, 1.82) is 5.26 Å². The third kappa shape index (κ3) is 4.88. The zero-order valence-electron chi connectivity index (χ0n) is 14.5. The largest absolute Gasteiger partial charge is 0.497 e. The first-order valence-corrected chi connectivity index (χ1v) is 7.82. The molecule has 2 aromatic carbocycles. The lowest BCUT2D eigenvalue weighted by atomic mass is 10.1. The average molecular weight is 339 g/mol. The Morgan fingerprint density at radius 3 is 2.48 bits per heavy atom. The van der Waals surface area contributed by atoms with Gasteiger partial charge in [-0.1, -0.05) is 12.1 Å². The van der Waals surface area contributed by atoms with Crippen molar-refractivity contribution in [1.82, 2.24) is 0 Å². The van der Waals surface area contributed by atoms with Crippen LogP contribution >= 0.6 is 0 Å². The second-order valence-corrected chi connectivity index (χ2v) is 5.45. The van der Waals surface area contributed by atoms with Gasteiger partial charge in [0.1, 0.15) is 17.5 Å². The molecule has 1 atom stereocenters. The highest BCUT2D eigenvalue weighted by molar-refractivity contribution is 5.97. The Balaban J connectivity index is 2.04. The van der Waals surface area contributed by atoms with E-state index >= 15 is 0 Å². The number of rotatable bonds is 7. The van der Waals surface area contributed by atoms with E-state index in [4.69, 9.17) is 14.7 Å². The summed E-state index contributed by atoms with van der Waals surface area (Å²) in [6.45, 7) is 1.77. The van der Waals surface area contributed by atoms with Gasteiger partial charge in [0.25, 0.3) is 0 Å². The summed E-state index contributed by atoms with van der Waals surface area (Å²) in [5.41, 5.74) is 2.29. The van der Waals surface area contributed by atoms with Crippen LogP contribution in [0.1, 0.15) is 12.5 Å². The summed E-state index contributed by atoms with van der Waals surface area (Å²) in [6.07, 6.45) is 0.367. The fourth-order valence-corrected chi connectivity index (χ4v) is 2.28. The summed E-state index contributed by atoms with van der Waals surface area (Å²) in [6, 6.07) is 14.3. The monoisotopic (exact) mass is 339 g/mol. The van der Waals surface area contributed by atoms with E-state index in [0.29, 0.717) is 23.6 Å². The fourth-order valence-electron chi connectivity index (χ4n) is 2.28. The highest BCUT2D eigenvalue weighted by Crippen LogP contribution is 2.29. The van der Waals surface area contributed by atoms with E-state index in [1.165, 1.54) is 0 Å². The third-order valence-corrected chi connectivity index (χ3v) is 3.68. The van der Waals surface area contributed by atoms with Crippen LogP contribution in [0.5, 0.6) is 11.5 Å². The molecule has 0 saturated carbocycles. The minimum Gasteiger partial charge on any atom is -0.497 e. The average Bonchev–Trinajstić information content (AvgIpc) is 2.63. The number of carbonyl (C=O) groups is 1. The SMILES string of the molecule is COc1ccc(OC)c(NC(=O)C(C)Nc2ccc(CC#N)cc2)c1. The number of benzene rings is 2. The molecule has 0 aliphatic rings. The van der Waals surface area contributed by atoms with E-state index in [2.05, 4.69) is 16.7 Å². The summed E-state index contributed by atoms with van der Waals surface area (Å²) < 4.78 is 10.4. The number of nitriles is 1. The summed E-state index contributed by atoms with van der Waals surface area (Å²) >= 11 is 0. The van der Waals surface area contributed by atoms with Crippen LogP contribution in [0.2, 0.25) is 0 Å². The molecule has 0 radical (unpaired) electrons. The number of methoxy groups -OCH3 is 2. The summed E-state index contributed by atoms with van der Waals surface area (Å²) in [7, 11) is 3.11. The van der Waals surface area contributed by atoms with Crippen LogP contribution in [-0.4, -0.2) is 26.2 Å². The Morgan fingerprint density at radius 2 is 1.88 bits per heavy atom. The van der Waals surface area contributed by atoms with Crippen LogP contribution in [-0.2, 0) is 11.2 Å². The van der Waals surface area contributed by atoms with Gasteiger partial charge in [-0.2, -0.15) is 5.26 Å². The van der Waals surface area contributed by atoms with Crippen molar-refractivity contribution >= 4 is 17.3 Å². The Kier molecular flexibility index (Phi) is 6.24. The summed E-state index contributed by atoms with van der Waals surface area (Å²) in [4.78, 5) is 12.4. The van der Waals surface area contributed by atoms with Crippen LogP contribution in [0.15, 0.2) is 42.5 Å². The van der Waals surface area contributed by atoms with Crippen LogP contribution in [0.3, 0.4) is 0 Å². The molecule has 25 heavy (non-hydrogen) atoms. The molecule has 6 heteroatoms. The molecule has 130 valence electrons. The number of carbonyl (C=O) groups excluding carboxylic acids is 1. The topological polar surface area (TPSA) is 83.4 Å². The van der Waals surface area contributed by atoms with E-state index in [1.54, 1.807) is 39.3 Å². The molecule has 2 aromatic rings. The van der Waals surface area contributed by atoms with Crippen molar-refractivity contribution in [2.75, 3.05) is 24.9 Å². The first kappa shape index (κ1) is 18.1. The van der Waals surface area contributed by atoms with Crippen molar-refractivity contribution < 1.29 is 14.3 Å². The van der Waals surface area contributed by atoms with E-state index in [0.717, 1.165) is 11.3 Å². The molecule has 6 nitrogen and oxygen atoms in total. The molecule has 0 saturated heterocycles. The Morgan fingerprint density at radius 1 is 1.16 bits per heavy atom. The maximum atomic E-state index is 12.4. The molecule has 0 bridgehead atoms. The van der Waals surface area contributed by atoms with Gasteiger partial charge in [-0.3, -0.25) is 4.79 Å². The fraction of sp³-hybridized carbons (Fsp3) is 0.263. The number of hydrogen-bond acceptors (Lipinski definition) is 5. The zero-order valence-corrected chi connectivity index (χ0v) is 14.5. The molecule has 1 amide bonds. The van der Waals surface area contributed by atoms with Gasteiger partial charge in [-0.05, 0) is 36.8 Å². The summed E-state index contributed by atoms with van der Waals surface area (Å²) in [5.74, 6) is 0.986. The maximum Gasteiger partial charge on any atom is 0.246 e. The van der Waals surface area contributed by atoms with Gasteiger partial charge in [-0.25, -0.2) is 0 Å². The van der Waals surface area contributed by atoms with Crippen LogP contribution in [0.25, 0.3) is 0 Å². The number of amides is 1. The highest BCUT2D eigenvalue weighted by Gasteiger charge is 2.15. The van der Waals surface area contributed by atoms with Gasteiger partial charge in [0.05, 0.1) is 32.4 Å². The highest BCUT2D eigenvalue weighted by atomic mass is 16.5. The molecule has 0 aromatic heterocycles. The summed E-state index contributed by atoms with van der Waals surface area (Å²) in [5, 5.41) is 14.7. The Labute approximate surface area is 147 Å². The van der Waals surface area contributed by atoms with Gasteiger partial charge >= 0.3 is 0 Å².